The summed E-state index contributed by atoms with van der Waals surface area (Å²) < 4.78 is 43.6. The molecule has 0 aromatic carbocycles. The summed E-state index contributed by atoms with van der Waals surface area (Å²) in [4.78, 5) is 11.4. The standard InChI is InChI=1S/C17H27F3N6O.HI/c1-15(2)12(10-16(15,3)27-5)26-13(21-4)23-8-9-24-14-22-7-6-11(25-14)17(18,19)20;/h6-7,12H,8-10H2,1-5H3,(H2,21,23,26)(H,22,24,25);1H. The molecule has 1 aromatic heterocycles. The van der Waals surface area contributed by atoms with E-state index in [0.717, 1.165) is 18.7 Å². The molecule has 0 bridgehead atoms. The summed E-state index contributed by atoms with van der Waals surface area (Å²) in [6.45, 7) is 7.13. The second kappa shape index (κ2) is 9.42. The summed E-state index contributed by atoms with van der Waals surface area (Å²) in [5.41, 5.74) is -1.23. The Bertz CT molecular complexity index is 685. The largest absolute Gasteiger partial charge is 0.433 e. The van der Waals surface area contributed by atoms with Crippen LogP contribution in [0.5, 0.6) is 0 Å². The molecule has 0 spiro atoms. The van der Waals surface area contributed by atoms with Crippen molar-refractivity contribution in [1.29, 1.82) is 0 Å². The first-order chi connectivity index (χ1) is 12.5. The highest BCUT2D eigenvalue weighted by Gasteiger charge is 2.58. The highest BCUT2D eigenvalue weighted by molar-refractivity contribution is 14.0. The number of ether oxygens (including phenoxy) is 1. The van der Waals surface area contributed by atoms with Crippen molar-refractivity contribution < 1.29 is 17.9 Å². The number of aliphatic imine (C=N–C) groups is 1. The number of hydrogen-bond acceptors (Lipinski definition) is 5. The molecule has 7 nitrogen and oxygen atoms in total. The van der Waals surface area contributed by atoms with Crippen LogP contribution in [0.2, 0.25) is 0 Å². The molecule has 3 N–H and O–H groups in total. The molecule has 2 unspecified atom stereocenters. The van der Waals surface area contributed by atoms with Gasteiger partial charge in [0.1, 0.15) is 5.69 Å². The number of halogens is 4. The molecule has 1 aliphatic carbocycles. The number of alkyl halides is 3. The number of nitrogens with zero attached hydrogens (tertiary/aromatic N) is 3. The van der Waals surface area contributed by atoms with Crippen LogP contribution in [0.25, 0.3) is 0 Å². The minimum atomic E-state index is -4.49. The molecule has 0 amide bonds. The van der Waals surface area contributed by atoms with Gasteiger partial charge in [-0.1, -0.05) is 13.8 Å². The van der Waals surface area contributed by atoms with Crippen LogP contribution in [0, 0.1) is 5.41 Å². The van der Waals surface area contributed by atoms with Crippen LogP contribution in [-0.4, -0.2) is 54.8 Å². The van der Waals surface area contributed by atoms with E-state index in [1.54, 1.807) is 14.2 Å². The summed E-state index contributed by atoms with van der Waals surface area (Å²) in [5, 5.41) is 9.26. The number of methoxy groups -OCH3 is 1. The third kappa shape index (κ3) is 5.37. The van der Waals surface area contributed by atoms with Crippen molar-refractivity contribution in [2.24, 2.45) is 10.4 Å². The zero-order chi connectivity index (χ0) is 20.3. The number of rotatable bonds is 6. The summed E-state index contributed by atoms with van der Waals surface area (Å²) in [6, 6.07) is 1.04. The van der Waals surface area contributed by atoms with Gasteiger partial charge in [0.05, 0.1) is 5.60 Å². The minimum absolute atomic E-state index is 0. The van der Waals surface area contributed by atoms with E-state index in [1.165, 1.54) is 0 Å². The lowest BCUT2D eigenvalue weighted by atomic mass is 9.56. The van der Waals surface area contributed by atoms with Crippen LogP contribution < -0.4 is 16.0 Å². The van der Waals surface area contributed by atoms with Gasteiger partial charge in [0.2, 0.25) is 5.95 Å². The molecule has 1 heterocycles. The highest BCUT2D eigenvalue weighted by Crippen LogP contribution is 2.51. The topological polar surface area (TPSA) is 83.5 Å². The first-order valence-electron chi connectivity index (χ1n) is 8.70. The molecule has 1 saturated carbocycles. The van der Waals surface area contributed by atoms with Crippen molar-refractivity contribution in [3.8, 4) is 0 Å². The predicted octanol–water partition coefficient (Wildman–Crippen LogP) is 2.89. The monoisotopic (exact) mass is 516 g/mol. The Labute approximate surface area is 180 Å². The van der Waals surface area contributed by atoms with Crippen molar-refractivity contribution in [2.75, 3.05) is 32.6 Å². The van der Waals surface area contributed by atoms with E-state index in [4.69, 9.17) is 4.74 Å². The van der Waals surface area contributed by atoms with Crippen LogP contribution in [-0.2, 0) is 10.9 Å². The highest BCUT2D eigenvalue weighted by atomic mass is 127. The van der Waals surface area contributed by atoms with Crippen molar-refractivity contribution in [3.05, 3.63) is 18.0 Å². The summed E-state index contributed by atoms with van der Waals surface area (Å²) in [6.07, 6.45) is -2.55. The first-order valence-corrected chi connectivity index (χ1v) is 8.70. The fourth-order valence-corrected chi connectivity index (χ4v) is 3.04. The van der Waals surface area contributed by atoms with Crippen LogP contribution in [0.1, 0.15) is 32.9 Å². The summed E-state index contributed by atoms with van der Waals surface area (Å²) in [7, 11) is 3.38. The maximum Gasteiger partial charge on any atom is 0.433 e. The van der Waals surface area contributed by atoms with E-state index >= 15 is 0 Å². The van der Waals surface area contributed by atoms with E-state index in [1.807, 2.05) is 0 Å². The summed E-state index contributed by atoms with van der Waals surface area (Å²) in [5.74, 6) is 0.559. The van der Waals surface area contributed by atoms with Crippen LogP contribution in [0.3, 0.4) is 0 Å². The Morgan fingerprint density at radius 1 is 1.32 bits per heavy atom. The molecule has 160 valence electrons. The normalized spacial score (nSPS) is 24.0. The molecule has 11 heteroatoms. The SMILES string of the molecule is CN=C(NCCNc1nccc(C(F)(F)F)n1)NC1CC(C)(OC)C1(C)C.I. The van der Waals surface area contributed by atoms with Gasteiger partial charge in [-0.3, -0.25) is 4.99 Å². The second-order valence-corrected chi connectivity index (χ2v) is 7.25. The van der Waals surface area contributed by atoms with E-state index in [2.05, 4.69) is 51.7 Å². The van der Waals surface area contributed by atoms with Gasteiger partial charge in [-0.05, 0) is 19.4 Å². The molecule has 2 atom stereocenters. The van der Waals surface area contributed by atoms with Crippen LogP contribution in [0.4, 0.5) is 19.1 Å². The zero-order valence-electron chi connectivity index (χ0n) is 16.6. The number of aromatic nitrogens is 2. The number of anilines is 1. The molecule has 28 heavy (non-hydrogen) atoms. The van der Waals surface area contributed by atoms with Gasteiger partial charge in [-0.2, -0.15) is 13.2 Å². The lowest BCUT2D eigenvalue weighted by Gasteiger charge is -2.59. The number of hydrogen-bond donors (Lipinski definition) is 3. The minimum Gasteiger partial charge on any atom is -0.378 e. The van der Waals surface area contributed by atoms with Crippen molar-refractivity contribution >= 4 is 35.9 Å². The Kier molecular flexibility index (Phi) is 8.30. The van der Waals surface area contributed by atoms with Crippen molar-refractivity contribution in [1.82, 2.24) is 20.6 Å². The van der Waals surface area contributed by atoms with Gasteiger partial charge in [0.15, 0.2) is 5.96 Å². The fourth-order valence-electron chi connectivity index (χ4n) is 3.04. The summed E-state index contributed by atoms with van der Waals surface area (Å²) >= 11 is 0. The molecule has 1 fully saturated rings. The Hall–Kier alpha value is -1.37. The maximum atomic E-state index is 12.6. The smallest absolute Gasteiger partial charge is 0.378 e. The molecular weight excluding hydrogens is 488 g/mol. The number of nitrogens with one attached hydrogen (secondary N) is 3. The van der Waals surface area contributed by atoms with Gasteiger partial charge in [-0.15, -0.1) is 24.0 Å². The third-order valence-corrected chi connectivity index (χ3v) is 5.46. The quantitative estimate of drug-likeness (QED) is 0.234. The maximum absolute atomic E-state index is 12.6. The molecule has 0 radical (unpaired) electrons. The number of guanidine groups is 1. The van der Waals surface area contributed by atoms with E-state index in [9.17, 15) is 13.2 Å². The Morgan fingerprint density at radius 3 is 2.54 bits per heavy atom. The predicted molar refractivity (Wildman–Crippen MR) is 113 cm³/mol. The lowest BCUT2D eigenvalue weighted by Crippen LogP contribution is -2.69. The molecule has 0 aliphatic heterocycles. The van der Waals surface area contributed by atoms with E-state index < -0.39 is 11.9 Å². The average Bonchev–Trinajstić information content (AvgIpc) is 2.62. The van der Waals surface area contributed by atoms with Crippen LogP contribution in [0.15, 0.2) is 17.3 Å². The van der Waals surface area contributed by atoms with Gasteiger partial charge < -0.3 is 20.7 Å². The lowest BCUT2D eigenvalue weighted by molar-refractivity contribution is -0.176. The Morgan fingerprint density at radius 2 is 2.00 bits per heavy atom. The molecule has 0 saturated heterocycles. The van der Waals surface area contributed by atoms with Gasteiger partial charge in [0, 0.05) is 44.9 Å². The van der Waals surface area contributed by atoms with Crippen molar-refractivity contribution in [3.63, 3.8) is 0 Å². The molecular formula is C17H28F3IN6O. The van der Waals surface area contributed by atoms with E-state index in [0.29, 0.717) is 19.0 Å². The third-order valence-electron chi connectivity index (χ3n) is 5.46. The fraction of sp³-hybridized carbons (Fsp3) is 0.706. The molecule has 1 aliphatic rings. The second-order valence-electron chi connectivity index (χ2n) is 7.25. The average molecular weight is 516 g/mol. The molecule has 1 aromatic rings. The zero-order valence-corrected chi connectivity index (χ0v) is 19.0. The Balaban J connectivity index is 0.00000392. The molecule has 2 rings (SSSR count). The van der Waals surface area contributed by atoms with E-state index in [-0.39, 0.29) is 47.0 Å². The van der Waals surface area contributed by atoms with Gasteiger partial charge in [-0.25, -0.2) is 9.97 Å². The van der Waals surface area contributed by atoms with Crippen LogP contribution >= 0.6 is 24.0 Å². The van der Waals surface area contributed by atoms with Gasteiger partial charge >= 0.3 is 6.18 Å². The van der Waals surface area contributed by atoms with Crippen molar-refractivity contribution in [2.45, 2.75) is 45.0 Å². The first kappa shape index (κ1) is 24.7. The van der Waals surface area contributed by atoms with Gasteiger partial charge in [0.25, 0.3) is 0 Å².